The first-order valence-electron chi connectivity index (χ1n) is 6.41. The van der Waals surface area contributed by atoms with Gasteiger partial charge in [0.1, 0.15) is 16.8 Å². The normalized spacial score (nSPS) is 17.2. The average Bonchev–Trinajstić information content (AvgIpc) is 3.08. The van der Waals surface area contributed by atoms with Gasteiger partial charge in [-0.25, -0.2) is 9.97 Å². The molecule has 0 aliphatic heterocycles. The second kappa shape index (κ2) is 5.21. The number of halogens is 1. The van der Waals surface area contributed by atoms with E-state index in [9.17, 15) is 0 Å². The van der Waals surface area contributed by atoms with Crippen molar-refractivity contribution in [3.63, 3.8) is 0 Å². The van der Waals surface area contributed by atoms with E-state index < -0.39 is 0 Å². The molecule has 1 aromatic rings. The summed E-state index contributed by atoms with van der Waals surface area (Å²) in [6, 6.07) is 2.26. The molecule has 0 bridgehead atoms. The van der Waals surface area contributed by atoms with Gasteiger partial charge in [-0.1, -0.05) is 32.4 Å². The minimum absolute atomic E-state index is 0.438. The predicted octanol–water partition coefficient (Wildman–Crippen LogP) is 3.85. The molecule has 1 N–H and O–H groups in total. The number of anilines is 1. The van der Waals surface area contributed by atoms with Crippen molar-refractivity contribution in [2.45, 2.75) is 52.0 Å². The van der Waals surface area contributed by atoms with Gasteiger partial charge in [-0.2, -0.15) is 0 Å². The Balaban J connectivity index is 2.14. The van der Waals surface area contributed by atoms with Crippen molar-refractivity contribution in [3.8, 4) is 0 Å². The monoisotopic (exact) mass is 253 g/mol. The molecule has 2 rings (SSSR count). The van der Waals surface area contributed by atoms with Gasteiger partial charge in [0.15, 0.2) is 0 Å². The maximum Gasteiger partial charge on any atom is 0.135 e. The number of hydrogen-bond acceptors (Lipinski definition) is 3. The lowest BCUT2D eigenvalue weighted by molar-refractivity contribution is 0.509. The lowest BCUT2D eigenvalue weighted by Crippen LogP contribution is -2.25. The van der Waals surface area contributed by atoms with Gasteiger partial charge in [0.2, 0.25) is 0 Å². The summed E-state index contributed by atoms with van der Waals surface area (Å²) < 4.78 is 0. The minimum atomic E-state index is 0.438. The van der Waals surface area contributed by atoms with E-state index in [1.807, 2.05) is 6.07 Å². The molecule has 1 unspecified atom stereocenters. The van der Waals surface area contributed by atoms with Gasteiger partial charge in [-0.15, -0.1) is 0 Å². The summed E-state index contributed by atoms with van der Waals surface area (Å²) in [6.45, 7) is 6.61. The molecule has 17 heavy (non-hydrogen) atoms. The fourth-order valence-electron chi connectivity index (χ4n) is 1.96. The molecule has 1 aromatic heterocycles. The molecule has 0 spiro atoms. The van der Waals surface area contributed by atoms with Crippen LogP contribution in [0.4, 0.5) is 5.82 Å². The Kier molecular flexibility index (Phi) is 3.87. The summed E-state index contributed by atoms with van der Waals surface area (Å²) in [5.41, 5.74) is 0. The molecule has 0 amide bonds. The van der Waals surface area contributed by atoms with Crippen LogP contribution in [0.2, 0.25) is 5.15 Å². The SMILES string of the molecule is CCC(Nc1cc(Cl)nc(C2CC2)n1)C(C)C. The third-order valence-corrected chi connectivity index (χ3v) is 3.43. The summed E-state index contributed by atoms with van der Waals surface area (Å²) in [4.78, 5) is 8.85. The second-order valence-corrected chi connectivity index (χ2v) is 5.50. The summed E-state index contributed by atoms with van der Waals surface area (Å²) in [6.07, 6.45) is 3.47. The highest BCUT2D eigenvalue weighted by Gasteiger charge is 2.27. The van der Waals surface area contributed by atoms with Crippen molar-refractivity contribution in [1.29, 1.82) is 0 Å². The molecule has 0 radical (unpaired) electrons. The number of nitrogens with one attached hydrogen (secondary N) is 1. The largest absolute Gasteiger partial charge is 0.367 e. The van der Waals surface area contributed by atoms with Crippen molar-refractivity contribution in [2.75, 3.05) is 5.32 Å². The Morgan fingerprint density at radius 1 is 1.41 bits per heavy atom. The zero-order valence-electron chi connectivity index (χ0n) is 10.7. The van der Waals surface area contributed by atoms with E-state index in [0.717, 1.165) is 18.1 Å². The van der Waals surface area contributed by atoms with Crippen LogP contribution >= 0.6 is 11.6 Å². The van der Waals surface area contributed by atoms with Crippen molar-refractivity contribution in [3.05, 3.63) is 17.0 Å². The summed E-state index contributed by atoms with van der Waals surface area (Å²) in [5, 5.41) is 4.00. The Labute approximate surface area is 108 Å². The van der Waals surface area contributed by atoms with Crippen LogP contribution in [0.25, 0.3) is 0 Å². The van der Waals surface area contributed by atoms with E-state index in [-0.39, 0.29) is 0 Å². The number of hydrogen-bond donors (Lipinski definition) is 1. The van der Waals surface area contributed by atoms with Gasteiger partial charge < -0.3 is 5.32 Å². The number of nitrogens with zero attached hydrogens (tertiary/aromatic N) is 2. The summed E-state index contributed by atoms with van der Waals surface area (Å²) in [7, 11) is 0. The van der Waals surface area contributed by atoms with Gasteiger partial charge in [0, 0.05) is 18.0 Å². The first-order chi connectivity index (χ1) is 8.10. The lowest BCUT2D eigenvalue weighted by atomic mass is 10.0. The van der Waals surface area contributed by atoms with Crippen LogP contribution in [0, 0.1) is 5.92 Å². The lowest BCUT2D eigenvalue weighted by Gasteiger charge is -2.21. The van der Waals surface area contributed by atoms with Gasteiger partial charge in [0.05, 0.1) is 0 Å². The average molecular weight is 254 g/mol. The van der Waals surface area contributed by atoms with Crippen molar-refractivity contribution in [1.82, 2.24) is 9.97 Å². The second-order valence-electron chi connectivity index (χ2n) is 5.11. The van der Waals surface area contributed by atoms with Crippen LogP contribution < -0.4 is 5.32 Å². The predicted molar refractivity (Wildman–Crippen MR) is 71.6 cm³/mol. The maximum atomic E-state index is 6.04. The van der Waals surface area contributed by atoms with E-state index in [2.05, 4.69) is 36.1 Å². The smallest absolute Gasteiger partial charge is 0.135 e. The molecular weight excluding hydrogens is 234 g/mol. The van der Waals surface area contributed by atoms with Gasteiger partial charge in [-0.05, 0) is 25.2 Å². The zero-order valence-corrected chi connectivity index (χ0v) is 11.5. The van der Waals surface area contributed by atoms with Crippen LogP contribution in [0.5, 0.6) is 0 Å². The van der Waals surface area contributed by atoms with Crippen LogP contribution in [0.3, 0.4) is 0 Å². The molecule has 1 aliphatic carbocycles. The molecule has 1 aliphatic rings. The highest BCUT2D eigenvalue weighted by atomic mass is 35.5. The van der Waals surface area contributed by atoms with E-state index in [1.165, 1.54) is 12.8 Å². The van der Waals surface area contributed by atoms with Crippen LogP contribution in [-0.4, -0.2) is 16.0 Å². The fourth-order valence-corrected chi connectivity index (χ4v) is 2.15. The molecular formula is C13H20ClN3. The van der Waals surface area contributed by atoms with Crippen molar-refractivity contribution < 1.29 is 0 Å². The fraction of sp³-hybridized carbons (Fsp3) is 0.692. The van der Waals surface area contributed by atoms with E-state index >= 15 is 0 Å². The molecule has 1 fully saturated rings. The first kappa shape index (κ1) is 12.6. The van der Waals surface area contributed by atoms with Crippen LogP contribution in [0.15, 0.2) is 6.07 Å². The van der Waals surface area contributed by atoms with Crippen molar-refractivity contribution in [2.24, 2.45) is 5.92 Å². The standard InChI is InChI=1S/C13H20ClN3/c1-4-10(8(2)3)15-12-7-11(14)16-13(17-12)9-5-6-9/h7-10H,4-6H2,1-3H3,(H,15,16,17). The van der Waals surface area contributed by atoms with Crippen LogP contribution in [-0.2, 0) is 0 Å². The van der Waals surface area contributed by atoms with Gasteiger partial charge in [-0.3, -0.25) is 0 Å². The van der Waals surface area contributed by atoms with Crippen LogP contribution in [0.1, 0.15) is 51.8 Å². The maximum absolute atomic E-state index is 6.04. The third-order valence-electron chi connectivity index (χ3n) is 3.23. The summed E-state index contributed by atoms with van der Waals surface area (Å²) in [5.74, 6) is 2.89. The molecule has 1 heterocycles. The minimum Gasteiger partial charge on any atom is -0.367 e. The van der Waals surface area contributed by atoms with E-state index in [0.29, 0.717) is 23.0 Å². The van der Waals surface area contributed by atoms with Crippen molar-refractivity contribution >= 4 is 17.4 Å². The Morgan fingerprint density at radius 2 is 2.12 bits per heavy atom. The topological polar surface area (TPSA) is 37.8 Å². The molecule has 1 atom stereocenters. The van der Waals surface area contributed by atoms with E-state index in [1.54, 1.807) is 0 Å². The molecule has 0 aromatic carbocycles. The Bertz CT molecular complexity index is 388. The molecule has 1 saturated carbocycles. The third kappa shape index (κ3) is 3.32. The number of rotatable bonds is 5. The highest BCUT2D eigenvalue weighted by molar-refractivity contribution is 6.29. The first-order valence-corrected chi connectivity index (χ1v) is 6.79. The zero-order chi connectivity index (χ0) is 12.4. The van der Waals surface area contributed by atoms with Gasteiger partial charge in [0.25, 0.3) is 0 Å². The Morgan fingerprint density at radius 3 is 2.65 bits per heavy atom. The summed E-state index contributed by atoms with van der Waals surface area (Å²) >= 11 is 6.04. The molecule has 94 valence electrons. The molecule has 4 heteroatoms. The molecule has 0 saturated heterocycles. The number of aromatic nitrogens is 2. The van der Waals surface area contributed by atoms with Gasteiger partial charge >= 0.3 is 0 Å². The van der Waals surface area contributed by atoms with E-state index in [4.69, 9.17) is 11.6 Å². The quantitative estimate of drug-likeness (QED) is 0.810. The molecule has 3 nitrogen and oxygen atoms in total. The Hall–Kier alpha value is -0.830. The highest BCUT2D eigenvalue weighted by Crippen LogP contribution is 2.38.